The third-order valence-electron chi connectivity index (χ3n) is 7.02. The largest absolute Gasteiger partial charge is 0.466 e. The molecule has 0 fully saturated rings. The second-order valence-corrected chi connectivity index (χ2v) is 11.1. The highest BCUT2D eigenvalue weighted by atomic mass is 16.5. The van der Waals surface area contributed by atoms with E-state index in [1.165, 1.54) is 32.1 Å². The van der Waals surface area contributed by atoms with Crippen molar-refractivity contribution in [1.82, 2.24) is 0 Å². The number of hydrogen-bond donors (Lipinski definition) is 0. The molecule has 8 heteroatoms. The molecule has 0 saturated heterocycles. The standard InChI is InChI=1S/C20H40O4.C15H30O4/c1-4-19(3)24-18-14-9-7-6-8-12-16-22-17-13-10-11-15-20(21)23-5-2;1-4-14(3)19-13-9-8-12-17-11-7-6-10-15(16)18-5-2/h19H,4-18H2,1-3H3;14H,4-13H2,1-3H3. The van der Waals surface area contributed by atoms with Gasteiger partial charge in [-0.25, -0.2) is 0 Å². The average Bonchev–Trinajstić information content (AvgIpc) is 3.00. The molecule has 43 heavy (non-hydrogen) atoms. The van der Waals surface area contributed by atoms with Crippen molar-refractivity contribution >= 4 is 11.9 Å². The Morgan fingerprint density at radius 1 is 0.442 bits per heavy atom. The summed E-state index contributed by atoms with van der Waals surface area (Å²) in [6, 6.07) is 0. The van der Waals surface area contributed by atoms with Gasteiger partial charge in [0, 0.05) is 52.5 Å². The van der Waals surface area contributed by atoms with E-state index in [1.807, 2.05) is 13.8 Å². The summed E-state index contributed by atoms with van der Waals surface area (Å²) in [6.07, 6.45) is 18.3. The molecule has 8 nitrogen and oxygen atoms in total. The summed E-state index contributed by atoms with van der Waals surface area (Å²) in [5.74, 6) is -0.186. The third-order valence-corrected chi connectivity index (χ3v) is 7.02. The summed E-state index contributed by atoms with van der Waals surface area (Å²) in [5.41, 5.74) is 0. The maximum Gasteiger partial charge on any atom is 0.305 e. The number of esters is 2. The van der Waals surface area contributed by atoms with E-state index in [-0.39, 0.29) is 11.9 Å². The second-order valence-electron chi connectivity index (χ2n) is 11.1. The zero-order valence-electron chi connectivity index (χ0n) is 29.1. The molecule has 0 spiro atoms. The summed E-state index contributed by atoms with van der Waals surface area (Å²) in [5, 5.41) is 0. The predicted molar refractivity (Wildman–Crippen MR) is 176 cm³/mol. The van der Waals surface area contributed by atoms with Crippen molar-refractivity contribution in [3.05, 3.63) is 0 Å². The van der Waals surface area contributed by atoms with Crippen LogP contribution in [-0.2, 0) is 38.0 Å². The van der Waals surface area contributed by atoms with Crippen molar-refractivity contribution in [3.8, 4) is 0 Å². The van der Waals surface area contributed by atoms with E-state index in [0.29, 0.717) is 38.3 Å². The van der Waals surface area contributed by atoms with Crippen LogP contribution in [0.4, 0.5) is 0 Å². The van der Waals surface area contributed by atoms with Crippen LogP contribution in [-0.4, -0.2) is 77.0 Å². The minimum atomic E-state index is -0.107. The zero-order chi connectivity index (χ0) is 32.2. The zero-order valence-corrected chi connectivity index (χ0v) is 29.1. The molecule has 0 aliphatic carbocycles. The Balaban J connectivity index is 0. The van der Waals surface area contributed by atoms with E-state index in [0.717, 1.165) is 104 Å². The molecule has 0 amide bonds. The van der Waals surface area contributed by atoms with Crippen LogP contribution in [0.1, 0.15) is 151 Å². The maximum absolute atomic E-state index is 11.1. The second kappa shape index (κ2) is 37.0. The van der Waals surface area contributed by atoms with Gasteiger partial charge in [-0.15, -0.1) is 0 Å². The van der Waals surface area contributed by atoms with E-state index < -0.39 is 0 Å². The fraction of sp³-hybridized carbons (Fsp3) is 0.943. The lowest BCUT2D eigenvalue weighted by Crippen LogP contribution is -2.08. The first-order valence-electron chi connectivity index (χ1n) is 17.6. The van der Waals surface area contributed by atoms with Crippen molar-refractivity contribution < 1.29 is 38.0 Å². The Kier molecular flexibility index (Phi) is 37.7. The van der Waals surface area contributed by atoms with Crippen LogP contribution in [0.2, 0.25) is 0 Å². The molecule has 0 aromatic heterocycles. The van der Waals surface area contributed by atoms with Gasteiger partial charge in [0.15, 0.2) is 0 Å². The Morgan fingerprint density at radius 2 is 0.744 bits per heavy atom. The van der Waals surface area contributed by atoms with E-state index in [2.05, 4.69) is 27.7 Å². The van der Waals surface area contributed by atoms with Gasteiger partial charge >= 0.3 is 11.9 Å². The third kappa shape index (κ3) is 38.8. The van der Waals surface area contributed by atoms with Crippen molar-refractivity contribution in [2.75, 3.05) is 52.9 Å². The topological polar surface area (TPSA) is 89.5 Å². The molecule has 0 rings (SSSR count). The number of carbonyl (C=O) groups is 2. The molecular formula is C35H70O8. The van der Waals surface area contributed by atoms with Crippen molar-refractivity contribution in [3.63, 3.8) is 0 Å². The monoisotopic (exact) mass is 619 g/mol. The van der Waals surface area contributed by atoms with Crippen molar-refractivity contribution in [1.29, 1.82) is 0 Å². The lowest BCUT2D eigenvalue weighted by molar-refractivity contribution is -0.144. The smallest absolute Gasteiger partial charge is 0.305 e. The quantitative estimate of drug-likeness (QED) is 0.0564. The highest BCUT2D eigenvalue weighted by Gasteiger charge is 2.02. The molecule has 0 bridgehead atoms. The summed E-state index contributed by atoms with van der Waals surface area (Å²) in [7, 11) is 0. The van der Waals surface area contributed by atoms with Gasteiger partial charge in [-0.3, -0.25) is 9.59 Å². The summed E-state index contributed by atoms with van der Waals surface area (Å²) < 4.78 is 32.1. The average molecular weight is 619 g/mol. The fourth-order valence-electron chi connectivity index (χ4n) is 3.92. The first-order chi connectivity index (χ1) is 20.9. The predicted octanol–water partition coefficient (Wildman–Crippen LogP) is 8.61. The number of ether oxygens (including phenoxy) is 6. The molecule has 0 aromatic rings. The molecule has 0 aromatic carbocycles. The number of carbonyl (C=O) groups excluding carboxylic acids is 2. The Labute approximate surface area is 265 Å². The molecular weight excluding hydrogens is 548 g/mol. The van der Waals surface area contributed by atoms with Crippen LogP contribution < -0.4 is 0 Å². The minimum absolute atomic E-state index is 0.0788. The maximum atomic E-state index is 11.1. The first kappa shape index (κ1) is 43.9. The fourth-order valence-corrected chi connectivity index (χ4v) is 3.92. The summed E-state index contributed by atoms with van der Waals surface area (Å²) >= 11 is 0. The van der Waals surface area contributed by atoms with Crippen LogP contribution >= 0.6 is 0 Å². The van der Waals surface area contributed by atoms with Crippen LogP contribution in [0, 0.1) is 0 Å². The molecule has 0 aliphatic rings. The van der Waals surface area contributed by atoms with Crippen molar-refractivity contribution in [2.45, 2.75) is 163 Å². The molecule has 0 N–H and O–H groups in total. The molecule has 0 heterocycles. The van der Waals surface area contributed by atoms with E-state index >= 15 is 0 Å². The number of unbranched alkanes of at least 4 members (excludes halogenated alkanes) is 9. The summed E-state index contributed by atoms with van der Waals surface area (Å²) in [6.45, 7) is 18.1. The van der Waals surface area contributed by atoms with Gasteiger partial charge in [0.25, 0.3) is 0 Å². The Hall–Kier alpha value is -1.22. The van der Waals surface area contributed by atoms with E-state index in [1.54, 1.807) is 0 Å². The Morgan fingerprint density at radius 3 is 1.16 bits per heavy atom. The van der Waals surface area contributed by atoms with Gasteiger partial charge in [0.2, 0.25) is 0 Å². The number of rotatable bonds is 31. The van der Waals surface area contributed by atoms with E-state index in [9.17, 15) is 9.59 Å². The van der Waals surface area contributed by atoms with Gasteiger partial charge in [-0.05, 0) is 91.9 Å². The normalized spacial score (nSPS) is 12.3. The minimum Gasteiger partial charge on any atom is -0.466 e. The SMILES string of the molecule is CCOC(=O)CCCCCOCCCCCCCCOC(C)CC.CCOC(=O)CCCCOCCCCOC(C)CC. The highest BCUT2D eigenvalue weighted by molar-refractivity contribution is 5.69. The van der Waals surface area contributed by atoms with E-state index in [4.69, 9.17) is 28.4 Å². The molecule has 0 aliphatic heterocycles. The van der Waals surface area contributed by atoms with Gasteiger partial charge < -0.3 is 28.4 Å². The lowest BCUT2D eigenvalue weighted by Gasteiger charge is -2.10. The molecule has 258 valence electrons. The van der Waals surface area contributed by atoms with Gasteiger partial charge in [-0.2, -0.15) is 0 Å². The molecule has 0 saturated carbocycles. The van der Waals surface area contributed by atoms with Crippen molar-refractivity contribution in [2.24, 2.45) is 0 Å². The Bertz CT molecular complexity index is 572. The van der Waals surface area contributed by atoms with Crippen LogP contribution in [0.15, 0.2) is 0 Å². The van der Waals surface area contributed by atoms with Gasteiger partial charge in [0.05, 0.1) is 25.4 Å². The van der Waals surface area contributed by atoms with Gasteiger partial charge in [0.1, 0.15) is 0 Å². The molecule has 2 unspecified atom stereocenters. The highest BCUT2D eigenvalue weighted by Crippen LogP contribution is 2.08. The summed E-state index contributed by atoms with van der Waals surface area (Å²) in [4.78, 5) is 22.2. The van der Waals surface area contributed by atoms with Crippen LogP contribution in [0.5, 0.6) is 0 Å². The molecule has 2 atom stereocenters. The van der Waals surface area contributed by atoms with Crippen LogP contribution in [0.25, 0.3) is 0 Å². The number of hydrogen-bond acceptors (Lipinski definition) is 8. The van der Waals surface area contributed by atoms with Gasteiger partial charge in [-0.1, -0.05) is 46.0 Å². The van der Waals surface area contributed by atoms with Crippen LogP contribution in [0.3, 0.4) is 0 Å². The molecule has 0 radical (unpaired) electrons. The first-order valence-corrected chi connectivity index (χ1v) is 17.6. The lowest BCUT2D eigenvalue weighted by atomic mass is 10.1.